The van der Waals surface area contributed by atoms with Crippen molar-refractivity contribution in [3.63, 3.8) is 0 Å². The minimum atomic E-state index is -0.559. The Morgan fingerprint density at radius 3 is 2.57 bits per heavy atom. The number of nitrogens with one attached hydrogen (secondary N) is 1. The van der Waals surface area contributed by atoms with Gasteiger partial charge < -0.3 is 10.1 Å². The normalized spacial score (nSPS) is 11.6. The largest absolute Gasteiger partial charge is 0.461 e. The van der Waals surface area contributed by atoms with Crippen LogP contribution in [0.4, 0.5) is 0 Å². The standard InChI is InChI=1S/C17H22N2O2/c1-13(2)12-21-17(20)16(11-18)14(3)19-10-9-15-7-5-4-6-8-15/h4-8,13,19H,9-10,12H2,1-3H3. The number of allylic oxidation sites excluding steroid dienone is 1. The molecule has 0 unspecified atom stereocenters. The van der Waals surface area contributed by atoms with Crippen molar-refractivity contribution >= 4 is 5.97 Å². The molecule has 1 N–H and O–H groups in total. The molecule has 0 bridgehead atoms. The van der Waals surface area contributed by atoms with Gasteiger partial charge in [0.1, 0.15) is 6.07 Å². The molecule has 0 atom stereocenters. The van der Waals surface area contributed by atoms with E-state index in [4.69, 9.17) is 10.00 Å². The number of esters is 1. The number of hydrogen-bond donors (Lipinski definition) is 1. The lowest BCUT2D eigenvalue weighted by molar-refractivity contribution is -0.139. The molecule has 0 amide bonds. The summed E-state index contributed by atoms with van der Waals surface area (Å²) < 4.78 is 5.08. The first-order valence-electron chi connectivity index (χ1n) is 7.10. The molecule has 0 spiro atoms. The Morgan fingerprint density at radius 1 is 1.33 bits per heavy atom. The van der Waals surface area contributed by atoms with Crippen LogP contribution >= 0.6 is 0 Å². The molecule has 0 aliphatic carbocycles. The van der Waals surface area contributed by atoms with Gasteiger partial charge in [-0.25, -0.2) is 4.79 Å². The highest BCUT2D eigenvalue weighted by molar-refractivity contribution is 5.93. The molecule has 0 heterocycles. The average Bonchev–Trinajstić information content (AvgIpc) is 2.47. The van der Waals surface area contributed by atoms with Crippen molar-refractivity contribution in [1.82, 2.24) is 5.32 Å². The Hall–Kier alpha value is -2.28. The van der Waals surface area contributed by atoms with Gasteiger partial charge in [0.2, 0.25) is 0 Å². The first kappa shape index (κ1) is 16.8. The van der Waals surface area contributed by atoms with Gasteiger partial charge in [0, 0.05) is 12.2 Å². The van der Waals surface area contributed by atoms with E-state index in [2.05, 4.69) is 5.32 Å². The number of benzene rings is 1. The zero-order valence-electron chi connectivity index (χ0n) is 12.8. The summed E-state index contributed by atoms with van der Waals surface area (Å²) in [5.74, 6) is -0.309. The minimum absolute atomic E-state index is 0.0451. The molecule has 1 aromatic carbocycles. The van der Waals surface area contributed by atoms with Crippen LogP contribution in [0.15, 0.2) is 41.6 Å². The van der Waals surface area contributed by atoms with Gasteiger partial charge >= 0.3 is 5.97 Å². The van der Waals surface area contributed by atoms with E-state index in [1.165, 1.54) is 5.56 Å². The minimum Gasteiger partial charge on any atom is -0.461 e. The summed E-state index contributed by atoms with van der Waals surface area (Å²) in [6, 6.07) is 12.0. The number of rotatable bonds is 7. The van der Waals surface area contributed by atoms with Crippen molar-refractivity contribution in [3.8, 4) is 6.07 Å². The molecule has 21 heavy (non-hydrogen) atoms. The quantitative estimate of drug-likeness (QED) is 0.475. The van der Waals surface area contributed by atoms with E-state index in [1.54, 1.807) is 6.92 Å². The maximum absolute atomic E-state index is 11.8. The van der Waals surface area contributed by atoms with Crippen molar-refractivity contribution < 1.29 is 9.53 Å². The zero-order valence-corrected chi connectivity index (χ0v) is 12.8. The molecule has 0 saturated carbocycles. The SMILES string of the molecule is CC(NCCc1ccccc1)=C(C#N)C(=O)OCC(C)C. The summed E-state index contributed by atoms with van der Waals surface area (Å²) >= 11 is 0. The zero-order chi connectivity index (χ0) is 15.7. The summed E-state index contributed by atoms with van der Waals surface area (Å²) in [5.41, 5.74) is 1.81. The van der Waals surface area contributed by atoms with E-state index in [9.17, 15) is 4.79 Å². The van der Waals surface area contributed by atoms with E-state index >= 15 is 0 Å². The van der Waals surface area contributed by atoms with Crippen LogP contribution < -0.4 is 5.32 Å². The van der Waals surface area contributed by atoms with Crippen LogP contribution in [0.25, 0.3) is 0 Å². The molecular weight excluding hydrogens is 264 g/mol. The summed E-state index contributed by atoms with van der Waals surface area (Å²) in [6.07, 6.45) is 0.831. The fourth-order valence-electron chi connectivity index (χ4n) is 1.72. The van der Waals surface area contributed by atoms with Gasteiger partial charge in [-0.1, -0.05) is 44.2 Å². The molecule has 1 rings (SSSR count). The second-order valence-corrected chi connectivity index (χ2v) is 5.27. The van der Waals surface area contributed by atoms with Gasteiger partial charge in [-0.2, -0.15) is 5.26 Å². The molecule has 0 radical (unpaired) electrons. The van der Waals surface area contributed by atoms with Crippen LogP contribution in [0.2, 0.25) is 0 Å². The summed E-state index contributed by atoms with van der Waals surface area (Å²) in [4.78, 5) is 11.8. The molecule has 0 aliphatic heterocycles. The molecule has 0 aliphatic rings. The number of carbonyl (C=O) groups excluding carboxylic acids is 1. The van der Waals surface area contributed by atoms with Crippen LogP contribution in [-0.4, -0.2) is 19.1 Å². The second kappa shape index (κ2) is 8.80. The van der Waals surface area contributed by atoms with Crippen molar-refractivity contribution in [3.05, 3.63) is 47.2 Å². The Morgan fingerprint density at radius 2 is 2.00 bits per heavy atom. The second-order valence-electron chi connectivity index (χ2n) is 5.27. The predicted molar refractivity (Wildman–Crippen MR) is 82.3 cm³/mol. The molecule has 4 heteroatoms. The Balaban J connectivity index is 2.54. The van der Waals surface area contributed by atoms with Crippen LogP contribution in [-0.2, 0) is 16.0 Å². The monoisotopic (exact) mass is 286 g/mol. The number of carbonyl (C=O) groups is 1. The molecule has 112 valence electrons. The summed E-state index contributed by atoms with van der Waals surface area (Å²) in [6.45, 7) is 6.61. The molecular formula is C17H22N2O2. The molecule has 1 aromatic rings. The highest BCUT2D eigenvalue weighted by atomic mass is 16.5. The van der Waals surface area contributed by atoms with E-state index in [-0.39, 0.29) is 11.5 Å². The number of ether oxygens (including phenoxy) is 1. The van der Waals surface area contributed by atoms with Crippen molar-refractivity contribution in [2.24, 2.45) is 5.92 Å². The van der Waals surface area contributed by atoms with E-state index in [0.29, 0.717) is 18.8 Å². The van der Waals surface area contributed by atoms with Crippen LogP contribution in [0, 0.1) is 17.2 Å². The third-order valence-electron chi connectivity index (χ3n) is 2.89. The van der Waals surface area contributed by atoms with E-state index in [0.717, 1.165) is 6.42 Å². The molecule has 0 aromatic heterocycles. The maximum atomic E-state index is 11.8. The summed E-state index contributed by atoms with van der Waals surface area (Å²) in [7, 11) is 0. The first-order valence-corrected chi connectivity index (χ1v) is 7.10. The van der Waals surface area contributed by atoms with Crippen molar-refractivity contribution in [2.45, 2.75) is 27.2 Å². The summed E-state index contributed by atoms with van der Waals surface area (Å²) in [5, 5.41) is 12.2. The third-order valence-corrected chi connectivity index (χ3v) is 2.89. The lowest BCUT2D eigenvalue weighted by Gasteiger charge is -2.10. The van der Waals surface area contributed by atoms with E-state index < -0.39 is 5.97 Å². The number of hydrogen-bond acceptors (Lipinski definition) is 4. The van der Waals surface area contributed by atoms with Gasteiger partial charge in [-0.3, -0.25) is 0 Å². The lowest BCUT2D eigenvalue weighted by Crippen LogP contribution is -2.20. The van der Waals surface area contributed by atoms with Crippen LogP contribution in [0.5, 0.6) is 0 Å². The van der Waals surface area contributed by atoms with Gasteiger partial charge in [0.15, 0.2) is 5.57 Å². The highest BCUT2D eigenvalue weighted by Gasteiger charge is 2.14. The van der Waals surface area contributed by atoms with Crippen molar-refractivity contribution in [2.75, 3.05) is 13.2 Å². The van der Waals surface area contributed by atoms with E-state index in [1.807, 2.05) is 50.2 Å². The topological polar surface area (TPSA) is 62.1 Å². The van der Waals surface area contributed by atoms with Gasteiger partial charge in [0.25, 0.3) is 0 Å². The molecule has 0 fully saturated rings. The number of nitrogens with zero attached hydrogens (tertiary/aromatic N) is 1. The van der Waals surface area contributed by atoms with Gasteiger partial charge in [-0.05, 0) is 24.8 Å². The Kier molecular flexibility index (Phi) is 7.03. The van der Waals surface area contributed by atoms with Gasteiger partial charge in [-0.15, -0.1) is 0 Å². The highest BCUT2D eigenvalue weighted by Crippen LogP contribution is 2.05. The predicted octanol–water partition coefficient (Wildman–Crippen LogP) is 2.82. The third kappa shape index (κ3) is 6.13. The Bertz CT molecular complexity index is 527. The molecule has 0 saturated heterocycles. The van der Waals surface area contributed by atoms with Crippen LogP contribution in [0.1, 0.15) is 26.3 Å². The smallest absolute Gasteiger partial charge is 0.350 e. The maximum Gasteiger partial charge on any atom is 0.350 e. The first-order chi connectivity index (χ1) is 10.0. The number of nitriles is 1. The Labute approximate surface area is 126 Å². The van der Waals surface area contributed by atoms with Crippen molar-refractivity contribution in [1.29, 1.82) is 5.26 Å². The molecule has 4 nitrogen and oxygen atoms in total. The van der Waals surface area contributed by atoms with Crippen LogP contribution in [0.3, 0.4) is 0 Å². The van der Waals surface area contributed by atoms with Gasteiger partial charge in [0.05, 0.1) is 6.61 Å². The fraction of sp³-hybridized carbons (Fsp3) is 0.412. The fourth-order valence-corrected chi connectivity index (χ4v) is 1.72. The lowest BCUT2D eigenvalue weighted by atomic mass is 10.1. The average molecular weight is 286 g/mol.